The fourth-order valence-electron chi connectivity index (χ4n) is 2.27. The summed E-state index contributed by atoms with van der Waals surface area (Å²) in [6.07, 6.45) is -3.83. The fourth-order valence-corrected chi connectivity index (χ4v) is 2.97. The largest absolute Gasteiger partial charge is 0.463 e. The van der Waals surface area contributed by atoms with Crippen molar-refractivity contribution in [1.82, 2.24) is 0 Å². The van der Waals surface area contributed by atoms with Crippen LogP contribution in [0.2, 0.25) is 0 Å². The first-order valence-electron chi connectivity index (χ1n) is 7.01. The van der Waals surface area contributed by atoms with Crippen LogP contribution >= 0.6 is 11.8 Å². The molecule has 1 heterocycles. The summed E-state index contributed by atoms with van der Waals surface area (Å²) < 4.78 is 26.3. The molecule has 0 aliphatic carbocycles. The molecule has 24 heavy (non-hydrogen) atoms. The van der Waals surface area contributed by atoms with Crippen molar-refractivity contribution >= 4 is 29.7 Å². The molecule has 0 aromatic carbocycles. The smallest absolute Gasteiger partial charge is 0.303 e. The van der Waals surface area contributed by atoms with Crippen LogP contribution in [0, 0.1) is 10.7 Å². The number of ether oxygens (including phenoxy) is 5. The Balaban J connectivity index is 3.13. The van der Waals surface area contributed by atoms with E-state index in [2.05, 4.69) is 0 Å². The summed E-state index contributed by atoms with van der Waals surface area (Å²) in [6, 6.07) is 0. The number of carbonyl (C=O) groups is 3. The van der Waals surface area contributed by atoms with Crippen molar-refractivity contribution in [2.45, 2.75) is 50.6 Å². The summed E-state index contributed by atoms with van der Waals surface area (Å²) in [5.74, 6) is -1.80. The zero-order chi connectivity index (χ0) is 18.3. The third-order valence-electron chi connectivity index (χ3n) is 3.09. The molecular weight excluding hydrogens is 342 g/mol. The number of nitrogens with zero attached hydrogens (tertiary/aromatic N) is 1. The molecule has 5 atom stereocenters. The number of carbonyl (C=O) groups excluding carboxylic acids is 3. The van der Waals surface area contributed by atoms with Crippen molar-refractivity contribution < 1.29 is 38.1 Å². The Kier molecular flexibility index (Phi) is 7.97. The Hall–Kier alpha value is -1.83. The second-order valence-electron chi connectivity index (χ2n) is 4.90. The molecule has 134 valence electrons. The fraction of sp³-hybridized carbons (Fsp3) is 0.714. The second-order valence-corrected chi connectivity index (χ2v) is 5.79. The first-order chi connectivity index (χ1) is 11.3. The predicted octanol–water partition coefficient (Wildman–Crippen LogP) is 0.367. The Morgan fingerprint density at radius 3 is 2.08 bits per heavy atom. The van der Waals surface area contributed by atoms with Crippen LogP contribution in [0.1, 0.15) is 20.8 Å². The van der Waals surface area contributed by atoms with Crippen molar-refractivity contribution in [2.24, 2.45) is 0 Å². The van der Waals surface area contributed by atoms with Crippen LogP contribution in [-0.2, 0) is 38.1 Å². The molecule has 0 aromatic heterocycles. The monoisotopic (exact) mass is 361 g/mol. The van der Waals surface area contributed by atoms with Crippen LogP contribution in [0.25, 0.3) is 0 Å². The highest BCUT2D eigenvalue weighted by molar-refractivity contribution is 8.04. The first kappa shape index (κ1) is 20.2. The average molecular weight is 361 g/mol. The number of methoxy groups -OCH3 is 1. The van der Waals surface area contributed by atoms with Crippen LogP contribution in [-0.4, -0.2) is 61.5 Å². The highest BCUT2D eigenvalue weighted by Gasteiger charge is 2.51. The lowest BCUT2D eigenvalue weighted by Crippen LogP contribution is -2.61. The van der Waals surface area contributed by atoms with Crippen LogP contribution in [0.5, 0.6) is 0 Å². The van der Waals surface area contributed by atoms with E-state index in [1.807, 2.05) is 5.40 Å². The highest BCUT2D eigenvalue weighted by Crippen LogP contribution is 2.33. The standard InChI is InChI=1S/C14H19NO8S/c1-7(16)20-5-10-11(21-8(2)17)12(22-9(3)18)13(19-4)14(23-10)24-6-15/h10-14H,5H2,1-4H3/t10-,11-,12+,13-,14+/m1/s1. The summed E-state index contributed by atoms with van der Waals surface area (Å²) in [4.78, 5) is 33.9. The highest BCUT2D eigenvalue weighted by atomic mass is 32.2. The number of thioether (sulfide) groups is 1. The van der Waals surface area contributed by atoms with Gasteiger partial charge in [0, 0.05) is 27.9 Å². The van der Waals surface area contributed by atoms with Crippen LogP contribution in [0.4, 0.5) is 0 Å². The van der Waals surface area contributed by atoms with Gasteiger partial charge in [0.2, 0.25) is 0 Å². The van der Waals surface area contributed by atoms with E-state index in [9.17, 15) is 14.4 Å². The number of hydrogen-bond acceptors (Lipinski definition) is 10. The van der Waals surface area contributed by atoms with E-state index in [0.29, 0.717) is 0 Å². The van der Waals surface area contributed by atoms with Gasteiger partial charge >= 0.3 is 17.9 Å². The van der Waals surface area contributed by atoms with E-state index >= 15 is 0 Å². The summed E-state index contributed by atoms with van der Waals surface area (Å²) in [6.45, 7) is 3.36. The number of hydrogen-bond donors (Lipinski definition) is 0. The van der Waals surface area contributed by atoms with E-state index in [4.69, 9.17) is 28.9 Å². The van der Waals surface area contributed by atoms with E-state index in [1.54, 1.807) is 0 Å². The minimum Gasteiger partial charge on any atom is -0.463 e. The molecule has 0 saturated carbocycles. The molecule has 0 aromatic rings. The van der Waals surface area contributed by atoms with Gasteiger partial charge < -0.3 is 23.7 Å². The van der Waals surface area contributed by atoms with Crippen molar-refractivity contribution in [3.63, 3.8) is 0 Å². The maximum atomic E-state index is 11.4. The molecule has 0 spiro atoms. The third kappa shape index (κ3) is 5.67. The minimum atomic E-state index is -1.05. The van der Waals surface area contributed by atoms with Crippen molar-refractivity contribution in [2.75, 3.05) is 13.7 Å². The summed E-state index contributed by atoms with van der Waals surface area (Å²) in [7, 11) is 1.35. The number of nitriles is 1. The lowest BCUT2D eigenvalue weighted by molar-refractivity contribution is -0.235. The summed E-state index contributed by atoms with van der Waals surface area (Å²) in [5, 5.41) is 10.8. The number of thiocyanates is 1. The predicted molar refractivity (Wildman–Crippen MR) is 80.4 cm³/mol. The molecule has 1 saturated heterocycles. The molecular formula is C14H19NO8S. The summed E-state index contributed by atoms with van der Waals surface area (Å²) >= 11 is 0.761. The number of esters is 3. The second kappa shape index (κ2) is 9.46. The van der Waals surface area contributed by atoms with Gasteiger partial charge in [0.25, 0.3) is 0 Å². The molecule has 1 rings (SSSR count). The quantitative estimate of drug-likeness (QED) is 0.372. The van der Waals surface area contributed by atoms with E-state index in [0.717, 1.165) is 11.8 Å². The van der Waals surface area contributed by atoms with Crippen molar-refractivity contribution in [3.8, 4) is 5.40 Å². The Labute approximate surface area is 143 Å². The zero-order valence-electron chi connectivity index (χ0n) is 13.7. The molecule has 0 amide bonds. The molecule has 0 N–H and O–H groups in total. The van der Waals surface area contributed by atoms with Gasteiger partial charge in [-0.25, -0.2) is 0 Å². The Bertz CT molecular complexity index is 519. The molecule has 1 aliphatic rings. The molecule has 0 unspecified atom stereocenters. The Morgan fingerprint density at radius 2 is 1.62 bits per heavy atom. The van der Waals surface area contributed by atoms with Gasteiger partial charge in [-0.1, -0.05) is 0 Å². The summed E-state index contributed by atoms with van der Waals surface area (Å²) in [5.41, 5.74) is -0.822. The van der Waals surface area contributed by atoms with Gasteiger partial charge in [-0.2, -0.15) is 5.26 Å². The van der Waals surface area contributed by atoms with Crippen molar-refractivity contribution in [1.29, 1.82) is 5.26 Å². The molecule has 0 bridgehead atoms. The van der Waals surface area contributed by atoms with Crippen LogP contribution < -0.4 is 0 Å². The average Bonchev–Trinajstić information content (AvgIpc) is 2.47. The molecule has 1 fully saturated rings. The normalized spacial score (nSPS) is 29.2. The zero-order valence-corrected chi connectivity index (χ0v) is 14.5. The lowest BCUT2D eigenvalue weighted by atomic mass is 9.99. The molecule has 0 radical (unpaired) electrons. The lowest BCUT2D eigenvalue weighted by Gasteiger charge is -2.43. The van der Waals surface area contributed by atoms with Gasteiger partial charge in [0.15, 0.2) is 12.2 Å². The third-order valence-corrected chi connectivity index (χ3v) is 3.80. The maximum Gasteiger partial charge on any atom is 0.303 e. The van der Waals surface area contributed by atoms with E-state index in [-0.39, 0.29) is 6.61 Å². The molecule has 9 nitrogen and oxygen atoms in total. The first-order valence-corrected chi connectivity index (χ1v) is 7.88. The molecule has 1 aliphatic heterocycles. The van der Waals surface area contributed by atoms with Gasteiger partial charge in [-0.15, -0.1) is 0 Å². The van der Waals surface area contributed by atoms with Gasteiger partial charge in [-0.3, -0.25) is 14.4 Å². The topological polar surface area (TPSA) is 121 Å². The van der Waals surface area contributed by atoms with Gasteiger partial charge in [-0.05, 0) is 11.8 Å². The van der Waals surface area contributed by atoms with Crippen molar-refractivity contribution in [3.05, 3.63) is 0 Å². The van der Waals surface area contributed by atoms with E-state index in [1.165, 1.54) is 27.9 Å². The van der Waals surface area contributed by atoms with Gasteiger partial charge in [0.1, 0.15) is 29.7 Å². The molecule has 10 heteroatoms. The minimum absolute atomic E-state index is 0.232. The van der Waals surface area contributed by atoms with Crippen LogP contribution in [0.15, 0.2) is 0 Å². The number of rotatable bonds is 6. The van der Waals surface area contributed by atoms with E-state index < -0.39 is 47.8 Å². The Morgan fingerprint density at radius 1 is 1.04 bits per heavy atom. The van der Waals surface area contributed by atoms with Crippen LogP contribution in [0.3, 0.4) is 0 Å². The van der Waals surface area contributed by atoms with Gasteiger partial charge in [0.05, 0.1) is 0 Å². The SMILES string of the molecule is CO[C@@H]1[C@@H](OC(C)=O)[C@H](OC(C)=O)[C@@H](COC(C)=O)O[C@H]1SC#N. The maximum absolute atomic E-state index is 11.4.